The first-order valence-corrected chi connectivity index (χ1v) is 9.28. The highest BCUT2D eigenvalue weighted by molar-refractivity contribution is 5.78. The average molecular weight is 367 g/mol. The Morgan fingerprint density at radius 3 is 2.26 bits per heavy atom. The number of nitriles is 1. The topological polar surface area (TPSA) is 51.5 Å². The van der Waals surface area contributed by atoms with Crippen LogP contribution in [0.5, 0.6) is 17.2 Å². The molecule has 0 heterocycles. The highest BCUT2D eigenvalue weighted by Gasteiger charge is 2.30. The largest absolute Gasteiger partial charge is 0.496 e. The van der Waals surface area contributed by atoms with Crippen LogP contribution in [0.15, 0.2) is 5.57 Å². The van der Waals surface area contributed by atoms with Crippen molar-refractivity contribution in [1.82, 2.24) is 0 Å². The quantitative estimate of drug-likeness (QED) is 0.599. The molecule has 0 N–H and O–H groups in total. The normalized spacial score (nSPS) is 14.6. The number of rotatable bonds is 8. The first-order valence-electron chi connectivity index (χ1n) is 9.28. The highest BCUT2D eigenvalue weighted by atomic mass is 16.5. The molecular weight excluding hydrogens is 338 g/mol. The molecule has 1 aromatic rings. The summed E-state index contributed by atoms with van der Waals surface area (Å²) in [6.45, 7) is 6.05. The molecule has 0 saturated carbocycles. The summed E-state index contributed by atoms with van der Waals surface area (Å²) in [5.41, 5.74) is 3.80. The zero-order valence-corrected chi connectivity index (χ0v) is 17.2. The van der Waals surface area contributed by atoms with Crippen LogP contribution < -0.4 is 14.2 Å². The van der Waals surface area contributed by atoms with Gasteiger partial charge in [-0.2, -0.15) is 5.26 Å². The van der Waals surface area contributed by atoms with Crippen molar-refractivity contribution in [1.29, 1.82) is 5.26 Å². The van der Waals surface area contributed by atoms with Crippen LogP contribution in [0.4, 0.5) is 0 Å². The molecule has 0 bridgehead atoms. The number of fused-ring (bicyclic) bond motifs is 1. The third-order valence-corrected chi connectivity index (χ3v) is 5.22. The zero-order chi connectivity index (χ0) is 20.2. The summed E-state index contributed by atoms with van der Waals surface area (Å²) in [6.07, 6.45) is 10.9. The number of methoxy groups -OCH3 is 3. The number of ether oxygens (including phenoxy) is 3. The maximum Gasteiger partial charge on any atom is 0.168 e. The van der Waals surface area contributed by atoms with E-state index in [0.29, 0.717) is 6.42 Å². The van der Waals surface area contributed by atoms with Gasteiger partial charge in [0.05, 0.1) is 27.4 Å². The second-order valence-corrected chi connectivity index (χ2v) is 7.48. The van der Waals surface area contributed by atoms with Gasteiger partial charge in [0.15, 0.2) is 11.5 Å². The number of hydrogen-bond acceptors (Lipinski definition) is 4. The van der Waals surface area contributed by atoms with Crippen molar-refractivity contribution in [3.63, 3.8) is 0 Å². The Kier molecular flexibility index (Phi) is 6.45. The molecule has 144 valence electrons. The molecule has 0 radical (unpaired) electrons. The molecule has 1 aromatic carbocycles. The molecule has 2 rings (SSSR count). The Labute approximate surface area is 163 Å². The molecular formula is C23H29NO3. The van der Waals surface area contributed by atoms with Crippen molar-refractivity contribution >= 4 is 6.08 Å². The zero-order valence-electron chi connectivity index (χ0n) is 17.2. The molecule has 0 fully saturated rings. The summed E-state index contributed by atoms with van der Waals surface area (Å²) >= 11 is 0. The van der Waals surface area contributed by atoms with E-state index in [1.165, 1.54) is 5.57 Å². The number of nitrogens with zero attached hydrogens (tertiary/aromatic N) is 1. The molecule has 0 spiro atoms. The van der Waals surface area contributed by atoms with Gasteiger partial charge in [-0.15, -0.1) is 6.42 Å². The van der Waals surface area contributed by atoms with Crippen LogP contribution in [-0.2, 0) is 6.42 Å². The van der Waals surface area contributed by atoms with Gasteiger partial charge in [0.25, 0.3) is 0 Å². The second kappa shape index (κ2) is 8.40. The summed E-state index contributed by atoms with van der Waals surface area (Å²) in [4.78, 5) is 0. The van der Waals surface area contributed by atoms with Gasteiger partial charge in [-0.3, -0.25) is 0 Å². The smallest absolute Gasteiger partial charge is 0.168 e. The van der Waals surface area contributed by atoms with E-state index in [1.807, 2.05) is 6.92 Å². The molecule has 4 heteroatoms. The predicted octanol–water partition coefficient (Wildman–Crippen LogP) is 5.11. The number of terminal acetylenes is 1. The Morgan fingerprint density at radius 2 is 1.78 bits per heavy atom. The first-order chi connectivity index (χ1) is 12.9. The monoisotopic (exact) mass is 367 g/mol. The fourth-order valence-electron chi connectivity index (χ4n) is 3.73. The number of benzene rings is 1. The molecule has 0 aliphatic heterocycles. The lowest BCUT2D eigenvalue weighted by atomic mass is 9.87. The van der Waals surface area contributed by atoms with Gasteiger partial charge in [-0.25, -0.2) is 0 Å². The minimum Gasteiger partial charge on any atom is -0.496 e. The highest BCUT2D eigenvalue weighted by Crippen LogP contribution is 2.51. The van der Waals surface area contributed by atoms with Crippen LogP contribution in [0.1, 0.15) is 62.6 Å². The average Bonchev–Trinajstić information content (AvgIpc) is 3.08. The van der Waals surface area contributed by atoms with Crippen LogP contribution >= 0.6 is 0 Å². The van der Waals surface area contributed by atoms with E-state index in [2.05, 4.69) is 31.9 Å². The third-order valence-electron chi connectivity index (χ3n) is 5.22. The van der Waals surface area contributed by atoms with E-state index >= 15 is 0 Å². The lowest BCUT2D eigenvalue weighted by molar-refractivity contribution is 0.339. The molecule has 0 aromatic heterocycles. The van der Waals surface area contributed by atoms with Gasteiger partial charge < -0.3 is 14.2 Å². The van der Waals surface area contributed by atoms with Crippen LogP contribution in [0.3, 0.4) is 0 Å². The molecule has 0 amide bonds. The van der Waals surface area contributed by atoms with Crippen molar-refractivity contribution in [2.45, 2.75) is 52.4 Å². The van der Waals surface area contributed by atoms with Crippen LogP contribution in [0, 0.1) is 29.1 Å². The van der Waals surface area contributed by atoms with Gasteiger partial charge in [-0.05, 0) is 38.5 Å². The van der Waals surface area contributed by atoms with Gasteiger partial charge >= 0.3 is 0 Å². The van der Waals surface area contributed by atoms with Crippen molar-refractivity contribution in [2.75, 3.05) is 21.3 Å². The van der Waals surface area contributed by atoms with Crippen molar-refractivity contribution in [2.24, 2.45) is 5.41 Å². The van der Waals surface area contributed by atoms with Gasteiger partial charge in [0.2, 0.25) is 0 Å². The number of hydrogen-bond donors (Lipinski definition) is 0. The van der Waals surface area contributed by atoms with Crippen LogP contribution in [0.25, 0.3) is 6.08 Å². The minimum atomic E-state index is -0.699. The second-order valence-electron chi connectivity index (χ2n) is 7.48. The van der Waals surface area contributed by atoms with Gasteiger partial charge in [-0.1, -0.05) is 31.4 Å². The Morgan fingerprint density at radius 1 is 1.15 bits per heavy atom. The summed E-state index contributed by atoms with van der Waals surface area (Å²) < 4.78 is 17.2. The van der Waals surface area contributed by atoms with E-state index in [0.717, 1.165) is 53.2 Å². The standard InChI is InChI=1S/C23H29NO3/c1-8-23(4,14-24)11-9-10-16-12-17-18(13-16)21(26-6)22(27-7)19(15(2)3)20(17)25-5/h1,12,15H,9-11,13H2,2-7H3. The maximum absolute atomic E-state index is 9.24. The Bertz CT molecular complexity index is 808. The van der Waals surface area contributed by atoms with Crippen molar-refractivity contribution in [3.05, 3.63) is 22.3 Å². The van der Waals surface area contributed by atoms with E-state index < -0.39 is 5.41 Å². The third kappa shape index (κ3) is 3.91. The van der Waals surface area contributed by atoms with Gasteiger partial charge in [0, 0.05) is 16.7 Å². The summed E-state index contributed by atoms with van der Waals surface area (Å²) in [5, 5.41) is 9.24. The summed E-state index contributed by atoms with van der Waals surface area (Å²) in [5.74, 6) is 5.24. The first kappa shape index (κ1) is 20.7. The van der Waals surface area contributed by atoms with Crippen molar-refractivity contribution < 1.29 is 14.2 Å². The lowest BCUT2D eigenvalue weighted by Gasteiger charge is -2.22. The predicted molar refractivity (Wildman–Crippen MR) is 108 cm³/mol. The minimum absolute atomic E-state index is 0.235. The molecule has 1 aliphatic carbocycles. The van der Waals surface area contributed by atoms with E-state index in [9.17, 15) is 5.26 Å². The molecule has 27 heavy (non-hydrogen) atoms. The molecule has 1 aliphatic rings. The van der Waals surface area contributed by atoms with Crippen LogP contribution in [-0.4, -0.2) is 21.3 Å². The Hall–Kier alpha value is -2.59. The number of allylic oxidation sites excluding steroid dienone is 1. The van der Waals surface area contributed by atoms with Crippen molar-refractivity contribution in [3.8, 4) is 35.7 Å². The van der Waals surface area contributed by atoms with E-state index in [4.69, 9.17) is 20.6 Å². The maximum atomic E-state index is 9.24. The van der Waals surface area contributed by atoms with E-state index in [1.54, 1.807) is 21.3 Å². The summed E-state index contributed by atoms with van der Waals surface area (Å²) in [7, 11) is 5.05. The summed E-state index contributed by atoms with van der Waals surface area (Å²) in [6, 6.07) is 2.23. The molecule has 1 unspecified atom stereocenters. The lowest BCUT2D eigenvalue weighted by Crippen LogP contribution is -2.10. The fraction of sp³-hybridized carbons (Fsp3) is 0.522. The fourth-order valence-corrected chi connectivity index (χ4v) is 3.73. The van der Waals surface area contributed by atoms with E-state index in [-0.39, 0.29) is 5.92 Å². The van der Waals surface area contributed by atoms with Gasteiger partial charge in [0.1, 0.15) is 11.2 Å². The molecule has 4 nitrogen and oxygen atoms in total. The Balaban J connectivity index is 2.37. The molecule has 1 atom stereocenters. The van der Waals surface area contributed by atoms with Crippen LogP contribution in [0.2, 0.25) is 0 Å². The SMILES string of the molecule is C#CC(C)(C#N)CCCC1=Cc2c(c(OC)c(OC)c(C(C)C)c2OC)C1. The molecule has 0 saturated heterocycles.